The summed E-state index contributed by atoms with van der Waals surface area (Å²) >= 11 is 0. The topological polar surface area (TPSA) is 37.3 Å². The predicted octanol–water partition coefficient (Wildman–Crippen LogP) is 2.85. The largest absolute Gasteiger partial charge is 0.478 e. The van der Waals surface area contributed by atoms with E-state index in [1.807, 2.05) is 30.3 Å². The van der Waals surface area contributed by atoms with E-state index in [-0.39, 0.29) is 5.56 Å². The number of hydrogen-bond donors (Lipinski definition) is 1. The lowest BCUT2D eigenvalue weighted by Gasteiger charge is -2.01. The van der Waals surface area contributed by atoms with Gasteiger partial charge in [0.2, 0.25) is 0 Å². The molecule has 0 fully saturated rings. The average molecular weight is 197 g/mol. The van der Waals surface area contributed by atoms with Crippen LogP contribution in [0.2, 0.25) is 0 Å². The molecule has 0 saturated carbocycles. The minimum absolute atomic E-state index is 0.261. The van der Waals surface area contributed by atoms with Gasteiger partial charge >= 0.3 is 5.97 Å². The fourth-order valence-corrected chi connectivity index (χ4v) is 1.39. The maximum atomic E-state index is 10.8. The van der Waals surface area contributed by atoms with Crippen LogP contribution in [0.3, 0.4) is 0 Å². The zero-order valence-corrected chi connectivity index (χ0v) is 7.97. The Labute approximate surface area is 87.8 Å². The molecule has 1 N–H and O–H groups in total. The highest BCUT2D eigenvalue weighted by atomic mass is 16.4. The van der Waals surface area contributed by atoms with E-state index in [1.54, 1.807) is 12.1 Å². The van der Waals surface area contributed by atoms with Crippen LogP contribution in [0.1, 0.15) is 10.4 Å². The average Bonchev–Trinajstić information content (AvgIpc) is 2.30. The van der Waals surface area contributed by atoms with Gasteiger partial charge in [0.15, 0.2) is 0 Å². The molecule has 2 heteroatoms. The quantitative estimate of drug-likeness (QED) is 0.803. The molecule has 0 unspecified atom stereocenters. The molecule has 2 rings (SSSR count). The lowest BCUT2D eigenvalue weighted by Crippen LogP contribution is -1.95. The zero-order valence-electron chi connectivity index (χ0n) is 7.97. The lowest BCUT2D eigenvalue weighted by atomic mass is 10.0. The molecule has 15 heavy (non-hydrogen) atoms. The van der Waals surface area contributed by atoms with Crippen LogP contribution in [0, 0.1) is 6.07 Å². The molecule has 0 atom stereocenters. The fraction of sp³-hybridized carbons (Fsp3) is 0. The molecule has 0 spiro atoms. The van der Waals surface area contributed by atoms with Crippen molar-refractivity contribution in [3.05, 3.63) is 60.2 Å². The highest BCUT2D eigenvalue weighted by Gasteiger charge is 2.03. The Morgan fingerprint density at radius 2 is 1.80 bits per heavy atom. The van der Waals surface area contributed by atoms with E-state index >= 15 is 0 Å². The molecule has 0 aromatic heterocycles. The van der Waals surface area contributed by atoms with Crippen molar-refractivity contribution in [3.8, 4) is 11.1 Å². The third kappa shape index (κ3) is 2.05. The van der Waals surface area contributed by atoms with Crippen LogP contribution in [0.15, 0.2) is 48.5 Å². The summed E-state index contributed by atoms with van der Waals surface area (Å²) in [6, 6.07) is 17.4. The first-order chi connectivity index (χ1) is 7.27. The van der Waals surface area contributed by atoms with Gasteiger partial charge < -0.3 is 5.11 Å². The highest BCUT2D eigenvalue weighted by molar-refractivity contribution is 5.89. The Hall–Kier alpha value is -2.09. The van der Waals surface area contributed by atoms with Crippen molar-refractivity contribution in [2.24, 2.45) is 0 Å². The highest BCUT2D eigenvalue weighted by Crippen LogP contribution is 2.19. The molecule has 1 radical (unpaired) electrons. The van der Waals surface area contributed by atoms with Crippen molar-refractivity contribution in [1.82, 2.24) is 0 Å². The summed E-state index contributed by atoms with van der Waals surface area (Å²) in [5.41, 5.74) is 2.13. The normalized spacial score (nSPS) is 9.87. The smallest absolute Gasteiger partial charge is 0.335 e. The summed E-state index contributed by atoms with van der Waals surface area (Å²) in [6.07, 6.45) is 0. The van der Waals surface area contributed by atoms with Crippen molar-refractivity contribution in [1.29, 1.82) is 0 Å². The summed E-state index contributed by atoms with van der Waals surface area (Å²) in [7, 11) is 0. The Balaban J connectivity index is 2.46. The van der Waals surface area contributed by atoms with Crippen LogP contribution in [-0.4, -0.2) is 11.1 Å². The molecule has 0 aliphatic heterocycles. The van der Waals surface area contributed by atoms with Gasteiger partial charge in [-0.2, -0.15) is 0 Å². The monoisotopic (exact) mass is 197 g/mol. The molecule has 0 bridgehead atoms. The third-order valence-corrected chi connectivity index (χ3v) is 2.14. The van der Waals surface area contributed by atoms with Crippen molar-refractivity contribution in [2.45, 2.75) is 0 Å². The molecule has 2 aromatic rings. The number of aromatic carboxylic acids is 1. The summed E-state index contributed by atoms with van der Waals surface area (Å²) in [6.45, 7) is 0. The van der Waals surface area contributed by atoms with Crippen molar-refractivity contribution in [2.75, 3.05) is 0 Å². The molecular weight excluding hydrogens is 188 g/mol. The second-order valence-electron chi connectivity index (χ2n) is 3.18. The molecule has 2 nitrogen and oxygen atoms in total. The minimum Gasteiger partial charge on any atom is -0.478 e. The van der Waals surface area contributed by atoms with Gasteiger partial charge in [0.1, 0.15) is 0 Å². The fourth-order valence-electron chi connectivity index (χ4n) is 1.39. The predicted molar refractivity (Wildman–Crippen MR) is 57.7 cm³/mol. The van der Waals surface area contributed by atoms with Gasteiger partial charge in [-0.1, -0.05) is 30.3 Å². The number of rotatable bonds is 2. The standard InChI is InChI=1S/C13H9O2/c14-13(15)12-8-4-7-11(9-12)10-5-2-1-3-6-10/h1-3,5-9H,(H,14,15). The Morgan fingerprint density at radius 1 is 1.07 bits per heavy atom. The number of hydrogen-bond acceptors (Lipinski definition) is 1. The molecule has 0 heterocycles. The molecular formula is C13H9O2. The van der Waals surface area contributed by atoms with E-state index in [9.17, 15) is 4.79 Å². The Bertz CT molecular complexity index is 475. The number of carboxylic acid groups (broad SMARTS) is 1. The number of benzene rings is 2. The van der Waals surface area contributed by atoms with Crippen LogP contribution in [0.4, 0.5) is 0 Å². The van der Waals surface area contributed by atoms with E-state index in [4.69, 9.17) is 5.11 Å². The maximum Gasteiger partial charge on any atom is 0.335 e. The van der Waals surface area contributed by atoms with Crippen molar-refractivity contribution in [3.63, 3.8) is 0 Å². The molecule has 2 aromatic carbocycles. The van der Waals surface area contributed by atoms with Gasteiger partial charge in [-0.15, -0.1) is 0 Å². The first-order valence-electron chi connectivity index (χ1n) is 4.57. The van der Waals surface area contributed by atoms with E-state index in [0.29, 0.717) is 0 Å². The van der Waals surface area contributed by atoms with Gasteiger partial charge in [0.25, 0.3) is 0 Å². The summed E-state index contributed by atoms with van der Waals surface area (Å²) in [5.74, 6) is -0.927. The summed E-state index contributed by atoms with van der Waals surface area (Å²) in [4.78, 5) is 10.8. The van der Waals surface area contributed by atoms with Gasteiger partial charge in [-0.25, -0.2) is 4.79 Å². The van der Waals surface area contributed by atoms with Crippen LogP contribution < -0.4 is 0 Å². The van der Waals surface area contributed by atoms with Gasteiger partial charge in [0, 0.05) is 0 Å². The zero-order chi connectivity index (χ0) is 10.7. The van der Waals surface area contributed by atoms with Crippen LogP contribution in [0.5, 0.6) is 0 Å². The van der Waals surface area contributed by atoms with Gasteiger partial charge in [0.05, 0.1) is 5.56 Å². The van der Waals surface area contributed by atoms with Crippen molar-refractivity contribution < 1.29 is 9.90 Å². The molecule has 0 aliphatic carbocycles. The molecule has 0 saturated heterocycles. The number of carbonyl (C=O) groups is 1. The van der Waals surface area contributed by atoms with E-state index in [0.717, 1.165) is 11.1 Å². The van der Waals surface area contributed by atoms with Crippen LogP contribution in [0.25, 0.3) is 11.1 Å². The van der Waals surface area contributed by atoms with Gasteiger partial charge in [-0.3, -0.25) is 0 Å². The van der Waals surface area contributed by atoms with E-state index in [2.05, 4.69) is 6.07 Å². The molecule has 73 valence electrons. The van der Waals surface area contributed by atoms with Crippen LogP contribution >= 0.6 is 0 Å². The van der Waals surface area contributed by atoms with E-state index < -0.39 is 5.97 Å². The first kappa shape index (κ1) is 9.46. The second kappa shape index (κ2) is 3.96. The van der Waals surface area contributed by atoms with Gasteiger partial charge in [-0.05, 0) is 35.4 Å². The van der Waals surface area contributed by atoms with E-state index in [1.165, 1.54) is 6.07 Å². The number of carboxylic acids is 1. The molecule has 0 amide bonds. The molecule has 0 aliphatic rings. The summed E-state index contributed by atoms with van der Waals surface area (Å²) in [5, 5.41) is 8.84. The SMILES string of the molecule is O=C(O)c1c[c]cc(-c2ccccc2)c1. The lowest BCUT2D eigenvalue weighted by molar-refractivity contribution is 0.0697. The minimum atomic E-state index is -0.927. The Kier molecular flexibility index (Phi) is 2.50. The van der Waals surface area contributed by atoms with Crippen LogP contribution in [-0.2, 0) is 0 Å². The Morgan fingerprint density at radius 3 is 2.47 bits per heavy atom. The first-order valence-corrected chi connectivity index (χ1v) is 4.57. The second-order valence-corrected chi connectivity index (χ2v) is 3.18. The van der Waals surface area contributed by atoms with Crippen molar-refractivity contribution >= 4 is 5.97 Å². The third-order valence-electron chi connectivity index (χ3n) is 2.14. The maximum absolute atomic E-state index is 10.8. The summed E-state index contributed by atoms with van der Waals surface area (Å²) < 4.78 is 0.